The van der Waals surface area contributed by atoms with Crippen LogP contribution in [0, 0.1) is 0 Å². The van der Waals surface area contributed by atoms with Crippen molar-refractivity contribution in [2.24, 2.45) is 15.0 Å². The summed E-state index contributed by atoms with van der Waals surface area (Å²) in [5.41, 5.74) is 10.1. The zero-order chi connectivity index (χ0) is 50.8. The van der Waals surface area contributed by atoms with Gasteiger partial charge in [-0.05, 0) is 151 Å². The zero-order valence-corrected chi connectivity index (χ0v) is 43.6. The molecule has 6 aromatic carbocycles. The molecule has 0 unspecified atom stereocenters. The van der Waals surface area contributed by atoms with Gasteiger partial charge in [-0.15, -0.1) is 0 Å². The summed E-state index contributed by atoms with van der Waals surface area (Å²) in [5, 5.41) is 0. The van der Waals surface area contributed by atoms with Crippen molar-refractivity contribution in [3.05, 3.63) is 144 Å². The van der Waals surface area contributed by atoms with E-state index < -0.39 is 21.4 Å². The molecule has 0 N–H and O–H groups in total. The number of anilines is 3. The molecule has 1 aliphatic rings. The van der Waals surface area contributed by atoms with E-state index in [9.17, 15) is 0 Å². The number of benzene rings is 6. The van der Waals surface area contributed by atoms with E-state index in [4.69, 9.17) is 42.9 Å². The van der Waals surface area contributed by atoms with Crippen molar-refractivity contribution in [3.63, 3.8) is 0 Å². The molecule has 0 saturated heterocycles. The standard InChI is InChI=1S/C57H69B3N6O6/c1-10-64(11-2)52-31-28-43-40-61-49-25-20-23-47(35-49)59(68-17-8)71-57-39-54(66(14-5)15-6)33-30-45(57)42-63-51-27-21-24-48(36-51)60(69-18-9)72-56-38-53(65(12-3)13-4)32-29-44(56)41-62-50-26-19-22-46(34-50)58(67-16-7)70-55(43)37-52/h19-42H,10-18H2,1-9H3. The zero-order valence-electron chi connectivity index (χ0n) is 43.6. The van der Waals surface area contributed by atoms with Gasteiger partial charge in [0.05, 0.1) is 17.1 Å². The summed E-state index contributed by atoms with van der Waals surface area (Å²) in [4.78, 5) is 21.9. The molecule has 0 aromatic heterocycles. The highest BCUT2D eigenvalue weighted by molar-refractivity contribution is 6.63. The largest absolute Gasteiger partial charge is 0.562 e. The van der Waals surface area contributed by atoms with E-state index in [1.54, 1.807) is 0 Å². The van der Waals surface area contributed by atoms with Gasteiger partial charge in [0.15, 0.2) is 0 Å². The minimum absolute atomic E-state index is 0.421. The van der Waals surface area contributed by atoms with Crippen LogP contribution < -0.4 is 45.1 Å². The van der Waals surface area contributed by atoms with Crippen molar-refractivity contribution in [1.29, 1.82) is 0 Å². The number of aliphatic imine (C=N–C) groups is 3. The SMILES string of the molecule is CCOB1Oc2cc(N(CC)CC)ccc2C=Nc2cccc(c2)B(OCC)Oc2cc(N(CC)CC)ccc2C=Nc2cccc(c2)B(OCC)Oc2cc(N(CC)CC)ccc2C=Nc2cccc1c2. The lowest BCUT2D eigenvalue weighted by molar-refractivity contribution is 0.292. The summed E-state index contributed by atoms with van der Waals surface area (Å²) in [5.74, 6) is 1.89. The van der Waals surface area contributed by atoms with Gasteiger partial charge in [0.25, 0.3) is 0 Å². The van der Waals surface area contributed by atoms with Crippen LogP contribution in [0.25, 0.3) is 0 Å². The number of hydrogen-bond acceptors (Lipinski definition) is 12. The Bertz CT molecular complexity index is 2480. The topological polar surface area (TPSA) is 102 Å². The van der Waals surface area contributed by atoms with Crippen LogP contribution in [0.15, 0.2) is 142 Å². The van der Waals surface area contributed by atoms with Crippen LogP contribution in [-0.2, 0) is 14.0 Å². The van der Waals surface area contributed by atoms with Crippen molar-refractivity contribution in [2.75, 3.05) is 73.8 Å². The van der Waals surface area contributed by atoms with E-state index in [2.05, 4.69) is 92.6 Å². The minimum atomic E-state index is -0.747. The van der Waals surface area contributed by atoms with E-state index in [0.717, 1.165) is 106 Å². The third kappa shape index (κ3) is 13.6. The van der Waals surface area contributed by atoms with Crippen molar-refractivity contribution < 1.29 is 27.9 Å². The Kier molecular flexibility index (Phi) is 19.6. The first-order chi connectivity index (χ1) is 35.2. The van der Waals surface area contributed by atoms with Crippen molar-refractivity contribution in [1.82, 2.24) is 0 Å². The first-order valence-corrected chi connectivity index (χ1v) is 25.7. The van der Waals surface area contributed by atoms with Gasteiger partial charge >= 0.3 is 21.4 Å². The van der Waals surface area contributed by atoms with Gasteiger partial charge in [0, 0.05) is 130 Å². The molecule has 1 aliphatic heterocycles. The predicted molar refractivity (Wildman–Crippen MR) is 304 cm³/mol. The second kappa shape index (κ2) is 26.6. The molecule has 0 amide bonds. The van der Waals surface area contributed by atoms with Gasteiger partial charge < -0.3 is 42.6 Å². The fourth-order valence-electron chi connectivity index (χ4n) is 8.63. The Morgan fingerprint density at radius 3 is 0.889 bits per heavy atom. The summed E-state index contributed by atoms with van der Waals surface area (Å²) in [6.07, 6.45) is 5.52. The highest BCUT2D eigenvalue weighted by atomic mass is 16.6. The molecule has 0 radical (unpaired) electrons. The smallest absolute Gasteiger partial charge is 0.532 e. The Labute approximate surface area is 429 Å². The molecule has 7 rings (SSSR count). The van der Waals surface area contributed by atoms with E-state index >= 15 is 0 Å². The van der Waals surface area contributed by atoms with Crippen molar-refractivity contribution in [2.45, 2.75) is 62.3 Å². The maximum atomic E-state index is 6.89. The summed E-state index contributed by atoms with van der Waals surface area (Å²) in [6, 6.07) is 42.5. The highest BCUT2D eigenvalue weighted by Crippen LogP contribution is 2.30. The third-order valence-corrected chi connectivity index (χ3v) is 12.5. The number of fused-ring (bicyclic) bond motifs is 9. The van der Waals surface area contributed by atoms with E-state index in [-0.39, 0.29) is 0 Å². The minimum Gasteiger partial charge on any atom is -0.532 e. The Morgan fingerprint density at radius 2 is 0.639 bits per heavy atom. The average Bonchev–Trinajstić information content (AvgIpc) is 3.41. The monoisotopic (exact) mass is 967 g/mol. The third-order valence-electron chi connectivity index (χ3n) is 12.5. The second-order valence-electron chi connectivity index (χ2n) is 17.0. The lowest BCUT2D eigenvalue weighted by atomic mass is 9.78. The van der Waals surface area contributed by atoms with Gasteiger partial charge in [-0.25, -0.2) is 0 Å². The summed E-state index contributed by atoms with van der Waals surface area (Å²) >= 11 is 0. The fraction of sp³-hybridized carbons (Fsp3) is 0.316. The van der Waals surface area contributed by atoms with E-state index in [1.165, 1.54) is 0 Å². The molecule has 0 spiro atoms. The van der Waals surface area contributed by atoms with Crippen LogP contribution in [0.4, 0.5) is 34.1 Å². The average molecular weight is 967 g/mol. The first-order valence-electron chi connectivity index (χ1n) is 25.7. The van der Waals surface area contributed by atoms with Crippen LogP contribution in [0.1, 0.15) is 79.0 Å². The van der Waals surface area contributed by atoms with Crippen LogP contribution in [0.2, 0.25) is 0 Å². The van der Waals surface area contributed by atoms with E-state index in [1.807, 2.05) is 130 Å². The van der Waals surface area contributed by atoms with Crippen molar-refractivity contribution in [3.8, 4) is 17.2 Å². The van der Waals surface area contributed by atoms with Crippen LogP contribution in [-0.4, -0.2) is 99.1 Å². The Morgan fingerprint density at radius 1 is 0.361 bits per heavy atom. The second-order valence-corrected chi connectivity index (χ2v) is 17.0. The number of hydrogen-bond donors (Lipinski definition) is 0. The lowest BCUT2D eigenvalue weighted by Gasteiger charge is -2.24. The Balaban J connectivity index is 1.40. The van der Waals surface area contributed by atoms with Gasteiger partial charge in [0.1, 0.15) is 17.2 Å². The molecule has 72 heavy (non-hydrogen) atoms. The maximum absolute atomic E-state index is 6.89. The van der Waals surface area contributed by atoms with Crippen LogP contribution >= 0.6 is 0 Å². The van der Waals surface area contributed by atoms with E-state index in [0.29, 0.717) is 37.1 Å². The molecule has 0 atom stereocenters. The highest BCUT2D eigenvalue weighted by Gasteiger charge is 2.28. The molecule has 0 saturated carbocycles. The molecule has 0 aliphatic carbocycles. The Hall–Kier alpha value is -6.80. The fourth-order valence-corrected chi connectivity index (χ4v) is 8.63. The van der Waals surface area contributed by atoms with Crippen molar-refractivity contribution >= 4 is 90.5 Å². The predicted octanol–water partition coefficient (Wildman–Crippen LogP) is 10.2. The summed E-state index contributed by atoms with van der Waals surface area (Å²) in [7, 11) is -2.24. The lowest BCUT2D eigenvalue weighted by Crippen LogP contribution is -2.40. The first kappa shape index (κ1) is 53.0. The maximum Gasteiger partial charge on any atom is 0.562 e. The normalized spacial score (nSPS) is 12.7. The number of nitrogens with zero attached hydrogens (tertiary/aromatic N) is 6. The van der Waals surface area contributed by atoms with Crippen LogP contribution in [0.3, 0.4) is 0 Å². The number of rotatable bonds is 15. The molecule has 6 aromatic rings. The van der Waals surface area contributed by atoms with Gasteiger partial charge in [-0.3, -0.25) is 15.0 Å². The molecular weight excluding hydrogens is 897 g/mol. The van der Waals surface area contributed by atoms with Gasteiger partial charge in [-0.1, -0.05) is 36.4 Å². The molecular formula is C57H69B3N6O6. The summed E-state index contributed by atoms with van der Waals surface area (Å²) in [6.45, 7) is 25.1. The van der Waals surface area contributed by atoms with Gasteiger partial charge in [0.2, 0.25) is 0 Å². The van der Waals surface area contributed by atoms with Crippen LogP contribution in [0.5, 0.6) is 17.2 Å². The molecule has 15 heteroatoms. The molecule has 1 heterocycles. The molecule has 12 nitrogen and oxygen atoms in total. The summed E-state index contributed by atoms with van der Waals surface area (Å²) < 4.78 is 39.8. The molecule has 372 valence electrons. The quantitative estimate of drug-likeness (QED) is 0.0931. The molecule has 0 fully saturated rings. The molecule has 6 bridgehead atoms. The van der Waals surface area contributed by atoms with Gasteiger partial charge in [-0.2, -0.15) is 0 Å².